The predicted octanol–water partition coefficient (Wildman–Crippen LogP) is 1.85. The van der Waals surface area contributed by atoms with Crippen LogP contribution < -0.4 is 10.6 Å². The molecule has 2 aliphatic heterocycles. The van der Waals surface area contributed by atoms with Gasteiger partial charge in [0.25, 0.3) is 0 Å². The van der Waals surface area contributed by atoms with E-state index in [9.17, 15) is 4.39 Å². The highest BCUT2D eigenvalue weighted by atomic mass is 35.5. The molecule has 3 rings (SSSR count). The molecule has 5 unspecified atom stereocenters. The van der Waals surface area contributed by atoms with Gasteiger partial charge in [-0.25, -0.2) is 4.39 Å². The smallest absolute Gasteiger partial charge is 0.118 e. The molecule has 0 bridgehead atoms. The van der Waals surface area contributed by atoms with Gasteiger partial charge in [-0.2, -0.15) is 0 Å². The van der Waals surface area contributed by atoms with Crippen LogP contribution >= 0.6 is 11.6 Å². The van der Waals surface area contributed by atoms with Gasteiger partial charge in [0.05, 0.1) is 5.38 Å². The molecule has 0 aromatic rings. The van der Waals surface area contributed by atoms with Crippen molar-refractivity contribution in [1.82, 2.24) is 10.6 Å². The summed E-state index contributed by atoms with van der Waals surface area (Å²) < 4.78 is 13.6. The van der Waals surface area contributed by atoms with E-state index in [2.05, 4.69) is 16.7 Å². The Morgan fingerprint density at radius 2 is 2.24 bits per heavy atom. The van der Waals surface area contributed by atoms with E-state index in [4.69, 9.17) is 11.6 Å². The van der Waals surface area contributed by atoms with Gasteiger partial charge in [0.2, 0.25) is 0 Å². The Morgan fingerprint density at radius 1 is 1.35 bits per heavy atom. The fourth-order valence-corrected chi connectivity index (χ4v) is 4.04. The van der Waals surface area contributed by atoms with Gasteiger partial charge in [-0.3, -0.25) is 0 Å². The number of nitrogens with one attached hydrogen (secondary N) is 2. The largest absolute Gasteiger partial charge is 0.313 e. The van der Waals surface area contributed by atoms with Crippen LogP contribution in [0.1, 0.15) is 19.3 Å². The molecule has 96 valence electrons. The molecular formula is C13H20ClFN2. The van der Waals surface area contributed by atoms with Gasteiger partial charge in [0.1, 0.15) is 6.17 Å². The SMILES string of the molecule is FC1CCC2C(C3=CCCNC3)CNC2C1Cl. The van der Waals surface area contributed by atoms with E-state index in [-0.39, 0.29) is 11.4 Å². The van der Waals surface area contributed by atoms with Gasteiger partial charge in [-0.1, -0.05) is 11.6 Å². The summed E-state index contributed by atoms with van der Waals surface area (Å²) in [5, 5.41) is 6.53. The number of fused-ring (bicyclic) bond motifs is 1. The minimum atomic E-state index is -0.831. The lowest BCUT2D eigenvalue weighted by Crippen LogP contribution is -2.45. The molecule has 2 heterocycles. The summed E-state index contributed by atoms with van der Waals surface area (Å²) in [7, 11) is 0. The molecule has 2 nitrogen and oxygen atoms in total. The van der Waals surface area contributed by atoms with Crippen molar-refractivity contribution >= 4 is 11.6 Å². The minimum Gasteiger partial charge on any atom is -0.313 e. The van der Waals surface area contributed by atoms with Crippen molar-refractivity contribution in [3.05, 3.63) is 11.6 Å². The second kappa shape index (κ2) is 4.87. The molecule has 3 aliphatic rings. The number of hydrogen-bond donors (Lipinski definition) is 2. The van der Waals surface area contributed by atoms with E-state index in [1.807, 2.05) is 0 Å². The molecule has 0 aromatic heterocycles. The number of halogens is 2. The first kappa shape index (κ1) is 11.9. The summed E-state index contributed by atoms with van der Waals surface area (Å²) in [6, 6.07) is 0.174. The highest BCUT2D eigenvalue weighted by Gasteiger charge is 2.46. The molecule has 1 saturated carbocycles. The Bertz CT molecular complexity index is 321. The van der Waals surface area contributed by atoms with Crippen molar-refractivity contribution in [2.24, 2.45) is 11.8 Å². The number of rotatable bonds is 1. The molecule has 2 fully saturated rings. The molecule has 1 aliphatic carbocycles. The molecule has 5 atom stereocenters. The monoisotopic (exact) mass is 258 g/mol. The van der Waals surface area contributed by atoms with Crippen molar-refractivity contribution in [2.75, 3.05) is 19.6 Å². The van der Waals surface area contributed by atoms with Gasteiger partial charge in [-0.15, -0.1) is 11.6 Å². The summed E-state index contributed by atoms with van der Waals surface area (Å²) >= 11 is 6.20. The summed E-state index contributed by atoms with van der Waals surface area (Å²) in [6.45, 7) is 3.06. The quantitative estimate of drug-likeness (QED) is 0.554. The van der Waals surface area contributed by atoms with Gasteiger partial charge in [0.15, 0.2) is 0 Å². The lowest BCUT2D eigenvalue weighted by Gasteiger charge is -2.35. The molecule has 4 heteroatoms. The standard InChI is InChI=1S/C13H20ClFN2/c14-12-11(15)4-3-9-10(7-17-13(9)12)8-2-1-5-16-6-8/h2,9-13,16-17H,1,3-7H2. The molecule has 0 aromatic carbocycles. The zero-order valence-corrected chi connectivity index (χ0v) is 10.7. The maximum absolute atomic E-state index is 13.6. The Kier molecular flexibility index (Phi) is 3.42. The van der Waals surface area contributed by atoms with Crippen LogP contribution in [0.5, 0.6) is 0 Å². The topological polar surface area (TPSA) is 24.1 Å². The molecule has 0 amide bonds. The molecule has 0 spiro atoms. The Labute approximate surface area is 107 Å². The average Bonchev–Trinajstić information content (AvgIpc) is 2.79. The Hall–Kier alpha value is -0.120. The normalized spacial score (nSPS) is 46.5. The zero-order chi connectivity index (χ0) is 11.8. The van der Waals surface area contributed by atoms with Gasteiger partial charge in [0, 0.05) is 19.1 Å². The summed E-state index contributed by atoms with van der Waals surface area (Å²) in [5.74, 6) is 1.11. The van der Waals surface area contributed by atoms with E-state index >= 15 is 0 Å². The van der Waals surface area contributed by atoms with Crippen LogP contribution in [-0.4, -0.2) is 37.2 Å². The van der Waals surface area contributed by atoms with E-state index < -0.39 is 6.17 Å². The summed E-state index contributed by atoms with van der Waals surface area (Å²) in [4.78, 5) is 0. The fraction of sp³-hybridized carbons (Fsp3) is 0.846. The lowest BCUT2D eigenvalue weighted by atomic mass is 9.75. The highest BCUT2D eigenvalue weighted by molar-refractivity contribution is 6.21. The van der Waals surface area contributed by atoms with Crippen molar-refractivity contribution in [2.45, 2.75) is 36.9 Å². The van der Waals surface area contributed by atoms with Crippen LogP contribution in [0.4, 0.5) is 4.39 Å². The number of alkyl halides is 2. The van der Waals surface area contributed by atoms with Crippen molar-refractivity contribution in [3.63, 3.8) is 0 Å². The second-order valence-electron chi connectivity index (χ2n) is 5.49. The maximum Gasteiger partial charge on any atom is 0.118 e. The number of hydrogen-bond acceptors (Lipinski definition) is 2. The van der Waals surface area contributed by atoms with E-state index in [1.165, 1.54) is 5.57 Å². The lowest BCUT2D eigenvalue weighted by molar-refractivity contribution is 0.181. The van der Waals surface area contributed by atoms with E-state index in [0.29, 0.717) is 18.3 Å². The van der Waals surface area contributed by atoms with Crippen molar-refractivity contribution < 1.29 is 4.39 Å². The average molecular weight is 259 g/mol. The molecule has 1 saturated heterocycles. The molecule has 0 radical (unpaired) electrons. The zero-order valence-electron chi connectivity index (χ0n) is 9.96. The van der Waals surface area contributed by atoms with E-state index in [1.54, 1.807) is 0 Å². The van der Waals surface area contributed by atoms with Gasteiger partial charge >= 0.3 is 0 Å². The summed E-state index contributed by atoms with van der Waals surface area (Å²) in [6.07, 6.45) is 4.27. The Morgan fingerprint density at radius 3 is 3.00 bits per heavy atom. The van der Waals surface area contributed by atoms with Crippen LogP contribution in [0.25, 0.3) is 0 Å². The first-order valence-corrected chi connectivity index (χ1v) is 7.12. The predicted molar refractivity (Wildman–Crippen MR) is 68.1 cm³/mol. The van der Waals surface area contributed by atoms with Crippen LogP contribution in [-0.2, 0) is 0 Å². The molecular weight excluding hydrogens is 239 g/mol. The van der Waals surface area contributed by atoms with Crippen molar-refractivity contribution in [1.29, 1.82) is 0 Å². The van der Waals surface area contributed by atoms with Crippen LogP contribution in [0.2, 0.25) is 0 Å². The minimum absolute atomic E-state index is 0.174. The third-order valence-corrected chi connectivity index (χ3v) is 5.09. The molecule has 2 N–H and O–H groups in total. The highest BCUT2D eigenvalue weighted by Crippen LogP contribution is 2.41. The summed E-state index contributed by atoms with van der Waals surface area (Å²) in [5.41, 5.74) is 1.51. The third kappa shape index (κ3) is 2.13. The first-order chi connectivity index (χ1) is 8.27. The van der Waals surface area contributed by atoms with Gasteiger partial charge < -0.3 is 10.6 Å². The van der Waals surface area contributed by atoms with Crippen LogP contribution in [0.3, 0.4) is 0 Å². The van der Waals surface area contributed by atoms with Crippen LogP contribution in [0, 0.1) is 11.8 Å². The van der Waals surface area contributed by atoms with Crippen molar-refractivity contribution in [3.8, 4) is 0 Å². The molecule has 17 heavy (non-hydrogen) atoms. The third-order valence-electron chi connectivity index (χ3n) is 4.55. The van der Waals surface area contributed by atoms with Crippen LogP contribution in [0.15, 0.2) is 11.6 Å². The second-order valence-corrected chi connectivity index (χ2v) is 5.99. The fourth-order valence-electron chi connectivity index (χ4n) is 3.63. The van der Waals surface area contributed by atoms with E-state index in [0.717, 1.165) is 32.5 Å². The van der Waals surface area contributed by atoms with Gasteiger partial charge in [-0.05, 0) is 37.6 Å². The maximum atomic E-state index is 13.6. The Balaban J connectivity index is 1.74. The first-order valence-electron chi connectivity index (χ1n) is 6.68.